The number of amides is 1. The number of carbonyl (C=O) groups is 1. The van der Waals surface area contributed by atoms with Gasteiger partial charge in [-0.15, -0.1) is 0 Å². The van der Waals surface area contributed by atoms with Crippen LogP contribution in [0.15, 0.2) is 12.1 Å². The molecule has 4 nitrogen and oxygen atoms in total. The molecule has 0 aromatic carbocycles. The van der Waals surface area contributed by atoms with E-state index in [2.05, 4.69) is 17.2 Å². The highest BCUT2D eigenvalue weighted by Crippen LogP contribution is 2.11. The van der Waals surface area contributed by atoms with Crippen molar-refractivity contribution in [3.63, 3.8) is 0 Å². The Kier molecular flexibility index (Phi) is 8.23. The van der Waals surface area contributed by atoms with Gasteiger partial charge in [0.25, 0.3) is 5.91 Å². The molecular formula is C15H23ClN2O2. The fraction of sp³-hybridized carbons (Fsp3) is 0.600. The van der Waals surface area contributed by atoms with Crippen LogP contribution < -0.4 is 5.32 Å². The molecule has 20 heavy (non-hydrogen) atoms. The molecule has 0 saturated carbocycles. The van der Waals surface area contributed by atoms with E-state index in [4.69, 9.17) is 16.3 Å². The van der Waals surface area contributed by atoms with Gasteiger partial charge in [0.15, 0.2) is 0 Å². The van der Waals surface area contributed by atoms with Gasteiger partial charge >= 0.3 is 0 Å². The van der Waals surface area contributed by atoms with Crippen molar-refractivity contribution in [1.29, 1.82) is 0 Å². The Labute approximate surface area is 125 Å². The Bertz CT molecular complexity index is 424. The lowest BCUT2D eigenvalue weighted by Gasteiger charge is -2.07. The minimum Gasteiger partial charge on any atom is -0.381 e. The third-order valence-corrected chi connectivity index (χ3v) is 3.06. The van der Waals surface area contributed by atoms with Gasteiger partial charge in [0.1, 0.15) is 5.15 Å². The highest BCUT2D eigenvalue weighted by atomic mass is 35.5. The summed E-state index contributed by atoms with van der Waals surface area (Å²) in [5.74, 6) is -0.113. The Hall–Kier alpha value is -1.13. The van der Waals surface area contributed by atoms with Gasteiger partial charge in [0.05, 0.1) is 0 Å². The fourth-order valence-electron chi connectivity index (χ4n) is 1.69. The van der Waals surface area contributed by atoms with Crippen LogP contribution in [0, 0.1) is 0 Å². The largest absolute Gasteiger partial charge is 0.381 e. The molecule has 0 atom stereocenters. The summed E-state index contributed by atoms with van der Waals surface area (Å²) in [5, 5.41) is 3.22. The van der Waals surface area contributed by atoms with E-state index in [1.165, 1.54) is 0 Å². The van der Waals surface area contributed by atoms with E-state index in [0.29, 0.717) is 23.9 Å². The lowest BCUT2D eigenvalue weighted by atomic mass is 10.2. The average molecular weight is 299 g/mol. The molecule has 1 aromatic heterocycles. The smallest absolute Gasteiger partial charge is 0.251 e. The number of halogens is 1. The van der Waals surface area contributed by atoms with Gasteiger partial charge in [-0.2, -0.15) is 0 Å². The lowest BCUT2D eigenvalue weighted by Crippen LogP contribution is -2.25. The predicted molar refractivity (Wildman–Crippen MR) is 81.3 cm³/mol. The summed E-state index contributed by atoms with van der Waals surface area (Å²) in [6.45, 7) is 6.19. The molecule has 1 heterocycles. The van der Waals surface area contributed by atoms with Crippen molar-refractivity contribution in [1.82, 2.24) is 10.3 Å². The van der Waals surface area contributed by atoms with Gasteiger partial charge in [0, 0.05) is 31.0 Å². The SMILES string of the molecule is CCCCOCCCNC(=O)c1cc(Cl)nc(CC)c1. The van der Waals surface area contributed by atoms with Crippen LogP contribution >= 0.6 is 11.6 Å². The first-order chi connectivity index (χ1) is 9.67. The van der Waals surface area contributed by atoms with Gasteiger partial charge in [-0.25, -0.2) is 4.98 Å². The van der Waals surface area contributed by atoms with Crippen molar-refractivity contribution >= 4 is 17.5 Å². The summed E-state index contributed by atoms with van der Waals surface area (Å²) in [6.07, 6.45) is 3.79. The standard InChI is InChI=1S/C15H23ClN2O2/c1-3-5-8-20-9-6-7-17-15(19)12-10-13(4-2)18-14(16)11-12/h10-11H,3-9H2,1-2H3,(H,17,19). The molecule has 1 rings (SSSR count). The minimum absolute atomic E-state index is 0.113. The van der Waals surface area contributed by atoms with E-state index in [1.807, 2.05) is 6.92 Å². The zero-order valence-electron chi connectivity index (χ0n) is 12.2. The number of aromatic nitrogens is 1. The van der Waals surface area contributed by atoms with Crippen molar-refractivity contribution in [2.45, 2.75) is 39.5 Å². The molecule has 1 aromatic rings. The maximum atomic E-state index is 12.0. The van der Waals surface area contributed by atoms with Gasteiger partial charge in [-0.3, -0.25) is 4.79 Å². The first kappa shape index (κ1) is 16.9. The first-order valence-corrected chi connectivity index (χ1v) is 7.57. The van der Waals surface area contributed by atoms with Gasteiger partial charge in [-0.1, -0.05) is 31.9 Å². The Morgan fingerprint density at radius 3 is 2.75 bits per heavy atom. The van der Waals surface area contributed by atoms with E-state index < -0.39 is 0 Å². The van der Waals surface area contributed by atoms with Crippen molar-refractivity contribution in [2.24, 2.45) is 0 Å². The third-order valence-electron chi connectivity index (χ3n) is 2.86. The molecule has 0 unspecified atom stereocenters. The quantitative estimate of drug-likeness (QED) is 0.562. The summed E-state index contributed by atoms with van der Waals surface area (Å²) in [5.41, 5.74) is 1.39. The number of nitrogens with one attached hydrogen (secondary N) is 1. The number of hydrogen-bond acceptors (Lipinski definition) is 3. The van der Waals surface area contributed by atoms with E-state index in [1.54, 1.807) is 12.1 Å². The number of aryl methyl sites for hydroxylation is 1. The van der Waals surface area contributed by atoms with Crippen LogP contribution in [0.2, 0.25) is 5.15 Å². The van der Waals surface area contributed by atoms with E-state index in [9.17, 15) is 4.79 Å². The van der Waals surface area contributed by atoms with Crippen molar-refractivity contribution < 1.29 is 9.53 Å². The lowest BCUT2D eigenvalue weighted by molar-refractivity contribution is 0.0940. The Morgan fingerprint density at radius 1 is 1.30 bits per heavy atom. The van der Waals surface area contributed by atoms with E-state index in [-0.39, 0.29) is 5.91 Å². The third kappa shape index (κ3) is 6.35. The average Bonchev–Trinajstić information content (AvgIpc) is 2.45. The zero-order chi connectivity index (χ0) is 14.8. The summed E-state index contributed by atoms with van der Waals surface area (Å²) >= 11 is 5.89. The molecule has 0 aliphatic rings. The van der Waals surface area contributed by atoms with Crippen LogP contribution in [0.25, 0.3) is 0 Å². The van der Waals surface area contributed by atoms with Crippen molar-refractivity contribution in [2.75, 3.05) is 19.8 Å². The maximum absolute atomic E-state index is 12.0. The molecular weight excluding hydrogens is 276 g/mol. The number of carbonyl (C=O) groups excluding carboxylic acids is 1. The van der Waals surface area contributed by atoms with E-state index >= 15 is 0 Å². The first-order valence-electron chi connectivity index (χ1n) is 7.19. The molecule has 112 valence electrons. The van der Waals surface area contributed by atoms with Crippen LogP contribution in [-0.4, -0.2) is 30.6 Å². The molecule has 1 amide bonds. The van der Waals surface area contributed by atoms with Gasteiger partial charge in [-0.05, 0) is 31.4 Å². The molecule has 0 radical (unpaired) electrons. The van der Waals surface area contributed by atoms with Crippen molar-refractivity contribution in [3.8, 4) is 0 Å². The highest BCUT2D eigenvalue weighted by molar-refractivity contribution is 6.29. The summed E-state index contributed by atoms with van der Waals surface area (Å²) in [6, 6.07) is 3.37. The number of pyridine rings is 1. The van der Waals surface area contributed by atoms with Gasteiger partial charge in [0.2, 0.25) is 0 Å². The molecule has 0 aliphatic carbocycles. The number of rotatable bonds is 9. The van der Waals surface area contributed by atoms with Crippen molar-refractivity contribution in [3.05, 3.63) is 28.5 Å². The monoisotopic (exact) mass is 298 g/mol. The summed E-state index contributed by atoms with van der Waals surface area (Å²) in [4.78, 5) is 16.1. The Morgan fingerprint density at radius 2 is 2.05 bits per heavy atom. The summed E-state index contributed by atoms with van der Waals surface area (Å²) < 4.78 is 5.43. The van der Waals surface area contributed by atoms with Crippen LogP contribution in [0.1, 0.15) is 49.2 Å². The molecule has 0 spiro atoms. The fourth-order valence-corrected chi connectivity index (χ4v) is 1.92. The van der Waals surface area contributed by atoms with Crippen LogP contribution in [0.5, 0.6) is 0 Å². The molecule has 1 N–H and O–H groups in total. The molecule has 0 aliphatic heterocycles. The number of unbranched alkanes of at least 4 members (excludes halogenated alkanes) is 1. The number of ether oxygens (including phenoxy) is 1. The summed E-state index contributed by atoms with van der Waals surface area (Å²) in [7, 11) is 0. The van der Waals surface area contributed by atoms with Gasteiger partial charge < -0.3 is 10.1 Å². The van der Waals surface area contributed by atoms with Crippen LogP contribution in [-0.2, 0) is 11.2 Å². The molecule has 0 fully saturated rings. The number of nitrogens with zero attached hydrogens (tertiary/aromatic N) is 1. The Balaban J connectivity index is 2.30. The topological polar surface area (TPSA) is 51.2 Å². The molecule has 5 heteroatoms. The zero-order valence-corrected chi connectivity index (χ0v) is 13.0. The minimum atomic E-state index is -0.113. The number of hydrogen-bond donors (Lipinski definition) is 1. The normalized spacial score (nSPS) is 10.6. The molecule has 0 saturated heterocycles. The molecule has 0 bridgehead atoms. The van der Waals surface area contributed by atoms with Crippen LogP contribution in [0.4, 0.5) is 0 Å². The predicted octanol–water partition coefficient (Wildman–Crippen LogP) is 3.23. The van der Waals surface area contributed by atoms with Crippen LogP contribution in [0.3, 0.4) is 0 Å². The second-order valence-electron chi connectivity index (χ2n) is 4.60. The second kappa shape index (κ2) is 9.72. The second-order valence-corrected chi connectivity index (χ2v) is 4.99. The maximum Gasteiger partial charge on any atom is 0.251 e. The van der Waals surface area contributed by atoms with E-state index in [0.717, 1.165) is 38.0 Å². The highest BCUT2D eigenvalue weighted by Gasteiger charge is 2.08.